The second-order valence-corrected chi connectivity index (χ2v) is 3.80. The van der Waals surface area contributed by atoms with Gasteiger partial charge in [0.2, 0.25) is 5.95 Å². The topological polar surface area (TPSA) is 58.4 Å². The smallest absolute Gasteiger partial charge is 0.249 e. The molecule has 0 saturated heterocycles. The average molecular weight is 227 g/mol. The number of aromatic hydroxyl groups is 1. The molecular formula is C13H13N3O. The first-order chi connectivity index (χ1) is 8.13. The first-order valence-corrected chi connectivity index (χ1v) is 5.29. The van der Waals surface area contributed by atoms with Crippen LogP contribution in [0.1, 0.15) is 17.0 Å². The Morgan fingerprint density at radius 2 is 1.65 bits per heavy atom. The number of nitrogens with zero attached hydrogens (tertiary/aromatic N) is 3. The number of rotatable bonds is 2. The van der Waals surface area contributed by atoms with Gasteiger partial charge < -0.3 is 5.11 Å². The van der Waals surface area contributed by atoms with Gasteiger partial charge in [-0.2, -0.15) is 0 Å². The van der Waals surface area contributed by atoms with E-state index in [9.17, 15) is 0 Å². The second kappa shape index (κ2) is 4.74. The standard InChI is InChI=1S/C13H13N3O/c1-9-7-10(2)16-13(15-9)14-8-11-3-5-12(17)6-4-11/h3-8,17H,1-2H3. The number of hydrogen-bond acceptors (Lipinski definition) is 4. The highest BCUT2D eigenvalue weighted by Crippen LogP contribution is 2.10. The minimum atomic E-state index is 0.241. The number of phenolic OH excluding ortho intramolecular Hbond substituents is 1. The van der Waals surface area contributed by atoms with Crippen molar-refractivity contribution in [3.8, 4) is 5.75 Å². The van der Waals surface area contributed by atoms with Gasteiger partial charge in [0.25, 0.3) is 0 Å². The van der Waals surface area contributed by atoms with Crippen molar-refractivity contribution < 1.29 is 5.11 Å². The van der Waals surface area contributed by atoms with E-state index in [-0.39, 0.29) is 5.75 Å². The average Bonchev–Trinajstić information content (AvgIpc) is 2.27. The van der Waals surface area contributed by atoms with Gasteiger partial charge in [0, 0.05) is 17.6 Å². The van der Waals surface area contributed by atoms with Crippen LogP contribution in [0.3, 0.4) is 0 Å². The summed E-state index contributed by atoms with van der Waals surface area (Å²) in [5, 5.41) is 9.15. The quantitative estimate of drug-likeness (QED) is 0.802. The number of benzene rings is 1. The summed E-state index contributed by atoms with van der Waals surface area (Å²) in [5.41, 5.74) is 2.69. The lowest BCUT2D eigenvalue weighted by molar-refractivity contribution is 0.475. The van der Waals surface area contributed by atoms with Crippen molar-refractivity contribution in [2.24, 2.45) is 4.99 Å². The van der Waals surface area contributed by atoms with Gasteiger partial charge in [-0.15, -0.1) is 0 Å². The highest BCUT2D eigenvalue weighted by atomic mass is 16.3. The SMILES string of the molecule is Cc1cc(C)nc(N=Cc2ccc(O)cc2)n1. The van der Waals surface area contributed by atoms with Crippen molar-refractivity contribution in [1.82, 2.24) is 9.97 Å². The number of hydrogen-bond donors (Lipinski definition) is 1. The summed E-state index contributed by atoms with van der Waals surface area (Å²) in [6.07, 6.45) is 1.67. The Morgan fingerprint density at radius 3 is 2.24 bits per heavy atom. The summed E-state index contributed by atoms with van der Waals surface area (Å²) < 4.78 is 0. The summed E-state index contributed by atoms with van der Waals surface area (Å²) in [4.78, 5) is 12.6. The van der Waals surface area contributed by atoms with Crippen LogP contribution in [0.4, 0.5) is 5.95 Å². The highest BCUT2D eigenvalue weighted by molar-refractivity contribution is 5.81. The Hall–Kier alpha value is -2.23. The largest absolute Gasteiger partial charge is 0.508 e. The van der Waals surface area contributed by atoms with Crippen LogP contribution in [-0.4, -0.2) is 21.3 Å². The van der Waals surface area contributed by atoms with Gasteiger partial charge in [-0.3, -0.25) is 0 Å². The summed E-state index contributed by atoms with van der Waals surface area (Å²) >= 11 is 0. The lowest BCUT2D eigenvalue weighted by Gasteiger charge is -1.97. The Labute approximate surface area is 99.7 Å². The third kappa shape index (κ3) is 3.11. The summed E-state index contributed by atoms with van der Waals surface area (Å²) in [6, 6.07) is 8.69. The second-order valence-electron chi connectivity index (χ2n) is 3.80. The number of aryl methyl sites for hydroxylation is 2. The predicted molar refractivity (Wildman–Crippen MR) is 66.9 cm³/mol. The summed E-state index contributed by atoms with van der Waals surface area (Å²) in [5.74, 6) is 0.695. The zero-order valence-electron chi connectivity index (χ0n) is 9.75. The molecule has 1 heterocycles. The molecule has 4 heteroatoms. The third-order valence-corrected chi connectivity index (χ3v) is 2.19. The van der Waals surface area contributed by atoms with Gasteiger partial charge in [0.05, 0.1) is 0 Å². The molecule has 17 heavy (non-hydrogen) atoms. The summed E-state index contributed by atoms with van der Waals surface area (Å²) in [6.45, 7) is 3.82. The van der Waals surface area contributed by atoms with E-state index in [0.717, 1.165) is 17.0 Å². The maximum absolute atomic E-state index is 9.15. The molecule has 4 nitrogen and oxygen atoms in total. The van der Waals surface area contributed by atoms with Crippen LogP contribution in [0.15, 0.2) is 35.3 Å². The number of aliphatic imine (C=N–C) groups is 1. The maximum atomic E-state index is 9.15. The lowest BCUT2D eigenvalue weighted by Crippen LogP contribution is -1.89. The molecule has 1 aromatic heterocycles. The normalized spacial score (nSPS) is 10.9. The lowest BCUT2D eigenvalue weighted by atomic mass is 10.2. The van der Waals surface area contributed by atoms with Crippen molar-refractivity contribution in [1.29, 1.82) is 0 Å². The first-order valence-electron chi connectivity index (χ1n) is 5.29. The van der Waals surface area contributed by atoms with E-state index in [4.69, 9.17) is 5.11 Å². The molecule has 0 aliphatic rings. The van der Waals surface area contributed by atoms with E-state index >= 15 is 0 Å². The van der Waals surface area contributed by atoms with Crippen LogP contribution in [0.2, 0.25) is 0 Å². The zero-order chi connectivity index (χ0) is 12.3. The molecule has 2 rings (SSSR count). The van der Waals surface area contributed by atoms with Crippen LogP contribution in [0.25, 0.3) is 0 Å². The van der Waals surface area contributed by atoms with Crippen molar-refractivity contribution in [3.63, 3.8) is 0 Å². The molecule has 2 aromatic rings. The molecule has 1 aromatic carbocycles. The molecule has 0 bridgehead atoms. The molecular weight excluding hydrogens is 214 g/mol. The fourth-order valence-corrected chi connectivity index (χ4v) is 1.46. The minimum Gasteiger partial charge on any atom is -0.508 e. The van der Waals surface area contributed by atoms with Gasteiger partial charge in [-0.1, -0.05) is 0 Å². The van der Waals surface area contributed by atoms with Crippen molar-refractivity contribution in [3.05, 3.63) is 47.3 Å². The minimum absolute atomic E-state index is 0.241. The van der Waals surface area contributed by atoms with E-state index in [1.165, 1.54) is 0 Å². The van der Waals surface area contributed by atoms with Crippen LogP contribution in [-0.2, 0) is 0 Å². The first kappa shape index (κ1) is 11.3. The van der Waals surface area contributed by atoms with E-state index in [2.05, 4.69) is 15.0 Å². The van der Waals surface area contributed by atoms with E-state index in [1.54, 1.807) is 30.5 Å². The monoisotopic (exact) mass is 227 g/mol. The number of phenols is 1. The highest BCUT2D eigenvalue weighted by Gasteiger charge is 1.96. The van der Waals surface area contributed by atoms with Crippen molar-refractivity contribution >= 4 is 12.2 Å². The molecule has 86 valence electrons. The molecule has 0 saturated carbocycles. The van der Waals surface area contributed by atoms with E-state index in [0.29, 0.717) is 5.95 Å². The van der Waals surface area contributed by atoms with Gasteiger partial charge in [0.15, 0.2) is 0 Å². The molecule has 0 radical (unpaired) electrons. The van der Waals surface area contributed by atoms with Crippen LogP contribution < -0.4 is 0 Å². The van der Waals surface area contributed by atoms with Crippen LogP contribution >= 0.6 is 0 Å². The van der Waals surface area contributed by atoms with Crippen molar-refractivity contribution in [2.45, 2.75) is 13.8 Å². The Balaban J connectivity index is 2.22. The van der Waals surface area contributed by atoms with E-state index in [1.807, 2.05) is 19.9 Å². The molecule has 0 aliphatic heterocycles. The zero-order valence-corrected chi connectivity index (χ0v) is 9.75. The Kier molecular flexibility index (Phi) is 3.14. The molecule has 0 unspecified atom stereocenters. The van der Waals surface area contributed by atoms with Gasteiger partial charge >= 0.3 is 0 Å². The molecule has 0 fully saturated rings. The summed E-state index contributed by atoms with van der Waals surface area (Å²) in [7, 11) is 0. The molecule has 0 spiro atoms. The maximum Gasteiger partial charge on any atom is 0.249 e. The molecule has 0 aliphatic carbocycles. The third-order valence-electron chi connectivity index (χ3n) is 2.19. The van der Waals surface area contributed by atoms with Gasteiger partial charge in [0.1, 0.15) is 5.75 Å². The molecule has 0 amide bonds. The predicted octanol–water partition coefficient (Wildman–Crippen LogP) is 2.55. The van der Waals surface area contributed by atoms with Gasteiger partial charge in [-0.25, -0.2) is 15.0 Å². The molecule has 1 N–H and O–H groups in total. The van der Waals surface area contributed by atoms with Crippen molar-refractivity contribution in [2.75, 3.05) is 0 Å². The van der Waals surface area contributed by atoms with Gasteiger partial charge in [-0.05, 0) is 49.7 Å². The van der Waals surface area contributed by atoms with Crippen LogP contribution in [0.5, 0.6) is 5.75 Å². The van der Waals surface area contributed by atoms with E-state index < -0.39 is 0 Å². The molecule has 0 atom stereocenters. The Morgan fingerprint density at radius 1 is 1.06 bits per heavy atom. The fraction of sp³-hybridized carbons (Fsp3) is 0.154. The number of aromatic nitrogens is 2. The Bertz CT molecular complexity index is 527. The fourth-order valence-electron chi connectivity index (χ4n) is 1.46. The van der Waals surface area contributed by atoms with Crippen LogP contribution in [0, 0.1) is 13.8 Å².